The Morgan fingerprint density at radius 2 is 1.92 bits per heavy atom. The van der Waals surface area contributed by atoms with Gasteiger partial charge in [0, 0.05) is 37.6 Å². The van der Waals surface area contributed by atoms with E-state index in [1.54, 1.807) is 11.3 Å². The topological polar surface area (TPSA) is 36.4 Å². The summed E-state index contributed by atoms with van der Waals surface area (Å²) in [6, 6.07) is 9.42. The van der Waals surface area contributed by atoms with Crippen LogP contribution in [-0.2, 0) is 24.1 Å². The van der Waals surface area contributed by atoms with E-state index < -0.39 is 0 Å². The number of aryl methyl sites for hydroxylation is 1. The number of hydrogen-bond donors (Lipinski definition) is 0. The van der Waals surface area contributed by atoms with Gasteiger partial charge in [-0.15, -0.1) is 11.3 Å². The Bertz CT molecular complexity index is 732. The summed E-state index contributed by atoms with van der Waals surface area (Å²) in [6.45, 7) is 5.79. The molecule has 1 fully saturated rings. The second kappa shape index (κ2) is 7.26. The third-order valence-corrected chi connectivity index (χ3v) is 6.25. The van der Waals surface area contributed by atoms with E-state index in [0.717, 1.165) is 56.1 Å². The van der Waals surface area contributed by atoms with Gasteiger partial charge in [-0.25, -0.2) is 4.98 Å². The van der Waals surface area contributed by atoms with E-state index in [0.29, 0.717) is 12.5 Å². The molecule has 1 amide bonds. The highest BCUT2D eigenvalue weighted by Crippen LogP contribution is 2.26. The van der Waals surface area contributed by atoms with Crippen molar-refractivity contribution < 1.29 is 4.79 Å². The molecule has 132 valence electrons. The van der Waals surface area contributed by atoms with Crippen LogP contribution in [0.25, 0.3) is 0 Å². The maximum absolute atomic E-state index is 12.6. The van der Waals surface area contributed by atoms with E-state index in [2.05, 4.69) is 34.1 Å². The van der Waals surface area contributed by atoms with Crippen molar-refractivity contribution in [1.82, 2.24) is 14.8 Å². The minimum Gasteiger partial charge on any atom is -0.341 e. The van der Waals surface area contributed by atoms with Gasteiger partial charge in [0.05, 0.1) is 17.1 Å². The molecule has 1 aliphatic heterocycles. The first-order valence-corrected chi connectivity index (χ1v) is 10.1. The number of carbonyl (C=O) groups excluding carboxylic acids is 1. The number of thiazole rings is 1. The minimum atomic E-state index is 0.224. The summed E-state index contributed by atoms with van der Waals surface area (Å²) in [7, 11) is 0. The van der Waals surface area contributed by atoms with Crippen LogP contribution in [0.5, 0.6) is 0 Å². The van der Waals surface area contributed by atoms with Crippen LogP contribution in [0.15, 0.2) is 29.6 Å². The summed E-state index contributed by atoms with van der Waals surface area (Å²) in [6.07, 6.45) is 3.82. The van der Waals surface area contributed by atoms with Gasteiger partial charge >= 0.3 is 0 Å². The van der Waals surface area contributed by atoms with Crippen LogP contribution in [0, 0.1) is 6.92 Å². The van der Waals surface area contributed by atoms with Crippen molar-refractivity contribution in [3.63, 3.8) is 0 Å². The van der Waals surface area contributed by atoms with Crippen molar-refractivity contribution >= 4 is 17.2 Å². The number of carbonyl (C=O) groups is 1. The second-order valence-corrected chi connectivity index (χ2v) is 8.20. The lowest BCUT2D eigenvalue weighted by Crippen LogP contribution is -2.40. The van der Waals surface area contributed by atoms with Crippen LogP contribution < -0.4 is 0 Å². The van der Waals surface area contributed by atoms with Crippen LogP contribution in [0.3, 0.4) is 0 Å². The maximum Gasteiger partial charge on any atom is 0.228 e. The first kappa shape index (κ1) is 16.7. The van der Waals surface area contributed by atoms with Gasteiger partial charge in [-0.1, -0.05) is 24.3 Å². The van der Waals surface area contributed by atoms with Crippen LogP contribution in [0.1, 0.15) is 28.2 Å². The predicted molar refractivity (Wildman–Crippen MR) is 101 cm³/mol. The van der Waals surface area contributed by atoms with E-state index >= 15 is 0 Å². The molecule has 0 N–H and O–H groups in total. The lowest BCUT2D eigenvalue weighted by molar-refractivity contribution is -0.130. The molecule has 2 heterocycles. The normalized spacial score (nSPS) is 19.0. The molecule has 0 bridgehead atoms. The Labute approximate surface area is 153 Å². The highest BCUT2D eigenvalue weighted by atomic mass is 32.1. The minimum absolute atomic E-state index is 0.224. The number of benzene rings is 1. The van der Waals surface area contributed by atoms with Gasteiger partial charge in [-0.3, -0.25) is 9.69 Å². The third kappa shape index (κ3) is 3.77. The molecule has 5 heteroatoms. The van der Waals surface area contributed by atoms with E-state index in [9.17, 15) is 4.79 Å². The van der Waals surface area contributed by atoms with Crippen molar-refractivity contribution in [2.75, 3.05) is 26.2 Å². The molecule has 1 aromatic carbocycles. The van der Waals surface area contributed by atoms with E-state index in [4.69, 9.17) is 0 Å². The third-order valence-electron chi connectivity index (χ3n) is 5.43. The van der Waals surface area contributed by atoms with Gasteiger partial charge in [0.2, 0.25) is 5.91 Å². The average molecular weight is 356 g/mol. The smallest absolute Gasteiger partial charge is 0.228 e. The molecule has 0 unspecified atom stereocenters. The number of amides is 1. The summed E-state index contributed by atoms with van der Waals surface area (Å²) in [5.74, 6) is 0.224. The molecule has 1 saturated heterocycles. The van der Waals surface area contributed by atoms with Crippen LogP contribution in [0.2, 0.25) is 0 Å². The Morgan fingerprint density at radius 1 is 1.16 bits per heavy atom. The van der Waals surface area contributed by atoms with Gasteiger partial charge in [-0.2, -0.15) is 0 Å². The number of nitrogens with zero attached hydrogens (tertiary/aromatic N) is 3. The number of rotatable bonds is 3. The summed E-state index contributed by atoms with van der Waals surface area (Å²) in [5.41, 5.74) is 3.92. The predicted octanol–water partition coefficient (Wildman–Crippen LogP) is 2.70. The first-order valence-electron chi connectivity index (χ1n) is 9.18. The fourth-order valence-electron chi connectivity index (χ4n) is 4.10. The molecule has 1 aliphatic carbocycles. The molecule has 25 heavy (non-hydrogen) atoms. The summed E-state index contributed by atoms with van der Waals surface area (Å²) >= 11 is 1.62. The Morgan fingerprint density at radius 3 is 2.60 bits per heavy atom. The zero-order valence-electron chi connectivity index (χ0n) is 14.8. The molecule has 0 saturated carbocycles. The maximum atomic E-state index is 12.6. The molecule has 4 rings (SSSR count). The van der Waals surface area contributed by atoms with E-state index in [-0.39, 0.29) is 5.91 Å². The molecular weight excluding hydrogens is 330 g/mol. The summed E-state index contributed by atoms with van der Waals surface area (Å²) < 4.78 is 0. The average Bonchev–Trinajstić information content (AvgIpc) is 3.13. The molecular formula is C20H25N3OS. The molecule has 2 aliphatic rings. The molecule has 0 spiro atoms. The molecule has 4 nitrogen and oxygen atoms in total. The molecule has 0 atom stereocenters. The quantitative estimate of drug-likeness (QED) is 0.849. The fourth-order valence-corrected chi connectivity index (χ4v) is 4.71. The van der Waals surface area contributed by atoms with Gasteiger partial charge < -0.3 is 4.90 Å². The van der Waals surface area contributed by atoms with Gasteiger partial charge in [0.15, 0.2) is 0 Å². The van der Waals surface area contributed by atoms with Gasteiger partial charge in [-0.05, 0) is 37.3 Å². The number of fused-ring (bicyclic) bond motifs is 1. The van der Waals surface area contributed by atoms with Crippen molar-refractivity contribution in [2.24, 2.45) is 0 Å². The fraction of sp³-hybridized carbons (Fsp3) is 0.500. The zero-order valence-corrected chi connectivity index (χ0v) is 15.6. The molecule has 1 aromatic heterocycles. The first-order chi connectivity index (χ1) is 12.2. The largest absolute Gasteiger partial charge is 0.341 e. The van der Waals surface area contributed by atoms with E-state index in [1.165, 1.54) is 11.1 Å². The van der Waals surface area contributed by atoms with Gasteiger partial charge in [0.25, 0.3) is 0 Å². The van der Waals surface area contributed by atoms with Crippen molar-refractivity contribution in [3.05, 3.63) is 51.5 Å². The van der Waals surface area contributed by atoms with Crippen LogP contribution in [-0.4, -0.2) is 52.9 Å². The highest BCUT2D eigenvalue weighted by Gasteiger charge is 2.28. The Hall–Kier alpha value is -1.72. The molecule has 0 radical (unpaired) electrons. The summed E-state index contributed by atoms with van der Waals surface area (Å²) in [4.78, 5) is 21.7. The monoisotopic (exact) mass is 355 g/mol. The Balaban J connectivity index is 1.34. The number of aromatic nitrogens is 1. The summed E-state index contributed by atoms with van der Waals surface area (Å²) in [5, 5.41) is 3.04. The SMILES string of the molecule is Cc1nc(CC(=O)N2CCCN(C3Cc4ccccc4C3)CC2)cs1. The lowest BCUT2D eigenvalue weighted by atomic mass is 10.1. The van der Waals surface area contributed by atoms with Crippen LogP contribution in [0.4, 0.5) is 0 Å². The second-order valence-electron chi connectivity index (χ2n) is 7.14. The standard InChI is InChI=1S/C20H25N3OS/c1-15-21-18(14-25-15)13-20(24)23-8-4-7-22(9-10-23)19-11-16-5-2-3-6-17(16)12-19/h2-3,5-6,14,19H,4,7-13H2,1H3. The zero-order chi connectivity index (χ0) is 17.2. The van der Waals surface area contributed by atoms with Gasteiger partial charge in [0.1, 0.15) is 0 Å². The van der Waals surface area contributed by atoms with Crippen molar-refractivity contribution in [1.29, 1.82) is 0 Å². The highest BCUT2D eigenvalue weighted by molar-refractivity contribution is 7.09. The number of hydrogen-bond acceptors (Lipinski definition) is 4. The molecule has 2 aromatic rings. The lowest BCUT2D eigenvalue weighted by Gasteiger charge is -2.27. The van der Waals surface area contributed by atoms with Crippen molar-refractivity contribution in [3.8, 4) is 0 Å². The van der Waals surface area contributed by atoms with Crippen LogP contribution >= 0.6 is 11.3 Å². The Kier molecular flexibility index (Phi) is 4.86. The van der Waals surface area contributed by atoms with Crippen molar-refractivity contribution in [2.45, 2.75) is 38.6 Å². The van der Waals surface area contributed by atoms with E-state index in [1.807, 2.05) is 17.2 Å².